The molecule has 2 rings (SSSR count). The van der Waals surface area contributed by atoms with E-state index in [1.807, 2.05) is 6.92 Å². The Bertz CT molecular complexity index is 226. The molecule has 0 saturated carbocycles. The Morgan fingerprint density at radius 1 is 0.656 bits per heavy atom. The molecule has 2 aliphatic rings. The van der Waals surface area contributed by atoms with E-state index in [0.717, 1.165) is 32.5 Å². The third kappa shape index (κ3) is 84.0. The van der Waals surface area contributed by atoms with Gasteiger partial charge in [0.1, 0.15) is 13.6 Å². The Balaban J connectivity index is -0.0000000363. The molecule has 0 spiro atoms. The molecule has 3 atom stereocenters. The molecular formula is C17H42O11Y4. The van der Waals surface area contributed by atoms with Crippen LogP contribution in [0, 0.1) is 0 Å². The summed E-state index contributed by atoms with van der Waals surface area (Å²) >= 11 is 0. The molecular weight excluding hydrogens is 736 g/mol. The summed E-state index contributed by atoms with van der Waals surface area (Å²) in [5.41, 5.74) is 0. The van der Waals surface area contributed by atoms with Crippen LogP contribution in [0.1, 0.15) is 39.5 Å². The summed E-state index contributed by atoms with van der Waals surface area (Å²) in [6, 6.07) is 0. The monoisotopic (exact) mass is 778 g/mol. The van der Waals surface area contributed by atoms with Crippen molar-refractivity contribution in [2.45, 2.75) is 57.8 Å². The van der Waals surface area contributed by atoms with E-state index in [1.165, 1.54) is 0 Å². The van der Waals surface area contributed by atoms with Crippen LogP contribution in [0.5, 0.6) is 0 Å². The maximum absolute atomic E-state index is 8.70. The van der Waals surface area contributed by atoms with Gasteiger partial charge in [-0.15, -0.1) is 0 Å². The molecule has 0 aliphatic carbocycles. The number of hydrogen-bond acceptors (Lipinski definition) is 11. The first-order valence-corrected chi connectivity index (χ1v) is 9.20. The van der Waals surface area contributed by atoms with Gasteiger partial charge in [-0.2, -0.15) is 0 Å². The SMILES string of the molecule is CCC(O)CCO.CCO.OCCC1CO1.OCCC1CO1.OCO.OCO.[Y].[Y].[Y].[Y]. The third-order valence-corrected chi connectivity index (χ3v) is 2.64. The Morgan fingerprint density at radius 3 is 0.969 bits per heavy atom. The van der Waals surface area contributed by atoms with Crippen LogP contribution in [-0.2, 0) is 140 Å². The smallest absolute Gasteiger partial charge is 0.140 e. The molecule has 0 aromatic heterocycles. The number of aliphatic hydroxyl groups is 9. The zero-order valence-corrected chi connectivity index (χ0v) is 30.7. The van der Waals surface area contributed by atoms with E-state index in [9.17, 15) is 0 Å². The van der Waals surface area contributed by atoms with Crippen molar-refractivity contribution < 1.29 is 186 Å². The Morgan fingerprint density at radius 2 is 0.906 bits per heavy atom. The largest absolute Gasteiger partial charge is 0.397 e. The van der Waals surface area contributed by atoms with Gasteiger partial charge in [0.05, 0.1) is 31.5 Å². The molecule has 15 heteroatoms. The Kier molecular flexibility index (Phi) is 97.5. The molecule has 2 aliphatic heterocycles. The topological polar surface area (TPSA) is 207 Å². The molecule has 0 bridgehead atoms. The second-order valence-electron chi connectivity index (χ2n) is 5.11. The number of rotatable bonds is 7. The Labute approximate surface area is 293 Å². The van der Waals surface area contributed by atoms with Crippen molar-refractivity contribution in [2.75, 3.05) is 53.2 Å². The normalized spacial score (nSPS) is 16.2. The van der Waals surface area contributed by atoms with Gasteiger partial charge in [-0.3, -0.25) is 0 Å². The second kappa shape index (κ2) is 55.5. The molecule has 2 saturated heterocycles. The molecule has 32 heavy (non-hydrogen) atoms. The standard InChI is InChI=1S/C5H12O2.2C4H8O2.C2H6O.2CH4O2.4Y/c1-2-5(7)3-4-6;2*5-2-1-4-3-6-4;1-2-3;2*2-1-3;;;;/h5-7H,2-4H2,1H3;2*4-5H,1-3H2;3H,2H2,1H3;2*2-3H,1H2;;;;. The van der Waals surface area contributed by atoms with E-state index < -0.39 is 13.6 Å². The minimum Gasteiger partial charge on any atom is -0.397 e. The molecule has 0 aromatic rings. The maximum atomic E-state index is 8.70. The predicted molar refractivity (Wildman–Crippen MR) is 102 cm³/mol. The Hall–Kier alpha value is 3.98. The predicted octanol–water partition coefficient (Wildman–Crippen LogP) is -2.48. The fourth-order valence-electron chi connectivity index (χ4n) is 1.11. The van der Waals surface area contributed by atoms with E-state index in [-0.39, 0.29) is 163 Å². The summed E-state index contributed by atoms with van der Waals surface area (Å²) in [4.78, 5) is 0. The van der Waals surface area contributed by atoms with Crippen LogP contribution >= 0.6 is 0 Å². The van der Waals surface area contributed by atoms with Crippen molar-refractivity contribution in [3.8, 4) is 0 Å². The molecule has 4 radical (unpaired) electrons. The minimum absolute atomic E-state index is 0. The van der Waals surface area contributed by atoms with Crippen LogP contribution < -0.4 is 0 Å². The first-order valence-electron chi connectivity index (χ1n) is 9.20. The molecule has 11 nitrogen and oxygen atoms in total. The van der Waals surface area contributed by atoms with Gasteiger partial charge in [-0.1, -0.05) is 6.92 Å². The van der Waals surface area contributed by atoms with Gasteiger partial charge in [-0.05, 0) is 32.6 Å². The van der Waals surface area contributed by atoms with Gasteiger partial charge in [0.15, 0.2) is 0 Å². The third-order valence-electron chi connectivity index (χ3n) is 2.64. The molecule has 0 aromatic carbocycles. The number of epoxide rings is 2. The van der Waals surface area contributed by atoms with Crippen molar-refractivity contribution >= 4 is 0 Å². The average molecular weight is 778 g/mol. The van der Waals surface area contributed by atoms with Gasteiger partial charge < -0.3 is 55.4 Å². The fraction of sp³-hybridized carbons (Fsp3) is 1.00. The molecule has 9 N–H and O–H groups in total. The first-order chi connectivity index (χ1) is 13.4. The van der Waals surface area contributed by atoms with Gasteiger partial charge in [0, 0.05) is 157 Å². The van der Waals surface area contributed by atoms with Gasteiger partial charge in [0.2, 0.25) is 0 Å². The summed E-state index contributed by atoms with van der Waals surface area (Å²) < 4.78 is 9.58. The number of hydrogen-bond donors (Lipinski definition) is 9. The summed E-state index contributed by atoms with van der Waals surface area (Å²) in [5.74, 6) is 0. The number of aliphatic hydroxyl groups excluding tert-OH is 7. The van der Waals surface area contributed by atoms with Crippen LogP contribution in [0.15, 0.2) is 0 Å². The molecule has 0 amide bonds. The maximum Gasteiger partial charge on any atom is 0.140 e. The molecule has 3 unspecified atom stereocenters. The number of ether oxygens (including phenoxy) is 2. The van der Waals surface area contributed by atoms with Crippen molar-refractivity contribution in [2.24, 2.45) is 0 Å². The van der Waals surface area contributed by atoms with Crippen LogP contribution in [0.2, 0.25) is 0 Å². The summed E-state index contributed by atoms with van der Waals surface area (Å²) in [6.07, 6.45) is 3.38. The summed E-state index contributed by atoms with van der Waals surface area (Å²) in [7, 11) is 0. The van der Waals surface area contributed by atoms with Crippen LogP contribution in [-0.4, -0.2) is 117 Å². The summed E-state index contributed by atoms with van der Waals surface area (Å²) in [6.45, 7) is 4.67. The van der Waals surface area contributed by atoms with Crippen LogP contribution in [0.3, 0.4) is 0 Å². The van der Waals surface area contributed by atoms with E-state index >= 15 is 0 Å². The van der Waals surface area contributed by atoms with Crippen LogP contribution in [0.4, 0.5) is 0 Å². The summed E-state index contributed by atoms with van der Waals surface area (Å²) in [5, 5.41) is 69.4. The quantitative estimate of drug-likeness (QED) is 0.0978. The van der Waals surface area contributed by atoms with Gasteiger partial charge >= 0.3 is 0 Å². The minimum atomic E-state index is -0.750. The van der Waals surface area contributed by atoms with E-state index in [1.54, 1.807) is 6.92 Å². The fourth-order valence-corrected chi connectivity index (χ4v) is 1.11. The van der Waals surface area contributed by atoms with Gasteiger partial charge in [0.25, 0.3) is 0 Å². The second-order valence-corrected chi connectivity index (χ2v) is 5.11. The van der Waals surface area contributed by atoms with Crippen LogP contribution in [0.25, 0.3) is 0 Å². The molecule has 188 valence electrons. The van der Waals surface area contributed by atoms with Gasteiger partial charge in [-0.25, -0.2) is 0 Å². The van der Waals surface area contributed by atoms with Crippen molar-refractivity contribution in [1.29, 1.82) is 0 Å². The molecule has 2 fully saturated rings. The zero-order valence-electron chi connectivity index (χ0n) is 19.4. The van der Waals surface area contributed by atoms with E-state index in [4.69, 9.17) is 55.4 Å². The molecule has 2 heterocycles. The zero-order chi connectivity index (χ0) is 22.6. The van der Waals surface area contributed by atoms with E-state index in [0.29, 0.717) is 18.6 Å². The van der Waals surface area contributed by atoms with Crippen molar-refractivity contribution in [3.05, 3.63) is 0 Å². The van der Waals surface area contributed by atoms with E-state index in [2.05, 4.69) is 0 Å². The van der Waals surface area contributed by atoms with Crippen molar-refractivity contribution in [1.82, 2.24) is 0 Å². The first kappa shape index (κ1) is 56.2. The van der Waals surface area contributed by atoms with Crippen molar-refractivity contribution in [3.63, 3.8) is 0 Å². The average Bonchev–Trinajstić information content (AvgIpc) is 3.56.